The lowest BCUT2D eigenvalue weighted by molar-refractivity contribution is -0.131. The van der Waals surface area contributed by atoms with Crippen molar-refractivity contribution in [2.45, 2.75) is 19.5 Å². The van der Waals surface area contributed by atoms with Gasteiger partial charge < -0.3 is 19.5 Å². The molecule has 1 N–H and O–H groups in total. The third-order valence-corrected chi connectivity index (χ3v) is 4.17. The van der Waals surface area contributed by atoms with Crippen molar-refractivity contribution in [2.24, 2.45) is 5.41 Å². The number of nitrogens with zero attached hydrogens (tertiary/aromatic N) is 1. The van der Waals surface area contributed by atoms with Gasteiger partial charge in [-0.2, -0.15) is 8.78 Å². The molecule has 1 aromatic rings. The van der Waals surface area contributed by atoms with Crippen LogP contribution in [-0.4, -0.2) is 44.6 Å². The average Bonchev–Trinajstić information content (AvgIpc) is 2.42. The topological polar surface area (TPSA) is 41.9 Å². The summed E-state index contributed by atoms with van der Waals surface area (Å²) in [5.41, 5.74) is 1.88. The number of hydrogen-bond donors (Lipinski definition) is 1. The van der Waals surface area contributed by atoms with Crippen LogP contribution in [0.1, 0.15) is 12.0 Å². The molecule has 1 aromatic carbocycles. The van der Waals surface area contributed by atoms with Crippen LogP contribution in [0.25, 0.3) is 0 Å². The number of aliphatic hydroxyl groups is 1. The Morgan fingerprint density at radius 1 is 1.38 bits per heavy atom. The number of hydrogen-bond acceptors (Lipinski definition) is 4. The molecule has 2 heterocycles. The van der Waals surface area contributed by atoms with Crippen LogP contribution < -0.4 is 9.64 Å². The quantitative estimate of drug-likeness (QED) is 0.903. The Kier molecular flexibility index (Phi) is 3.99. The van der Waals surface area contributed by atoms with E-state index in [4.69, 9.17) is 4.74 Å². The fraction of sp³-hybridized carbons (Fsp3) is 0.600. The smallest absolute Gasteiger partial charge is 0.387 e. The molecule has 0 aliphatic carbocycles. The molecule has 0 spiro atoms. The van der Waals surface area contributed by atoms with Crippen LogP contribution in [0.3, 0.4) is 0 Å². The van der Waals surface area contributed by atoms with Gasteiger partial charge in [-0.1, -0.05) is 0 Å². The molecule has 0 unspecified atom stereocenters. The molecule has 2 aliphatic heterocycles. The minimum absolute atomic E-state index is 0.103. The highest BCUT2D eigenvalue weighted by Gasteiger charge is 2.40. The Hall–Kier alpha value is -1.40. The number of anilines is 1. The van der Waals surface area contributed by atoms with E-state index < -0.39 is 6.61 Å². The van der Waals surface area contributed by atoms with E-state index in [-0.39, 0.29) is 17.8 Å². The average molecular weight is 299 g/mol. The third-order valence-electron chi connectivity index (χ3n) is 4.17. The van der Waals surface area contributed by atoms with Crippen LogP contribution in [0, 0.1) is 5.41 Å². The Morgan fingerprint density at radius 2 is 2.19 bits per heavy atom. The molecule has 2 aliphatic rings. The van der Waals surface area contributed by atoms with Gasteiger partial charge in [-0.15, -0.1) is 0 Å². The molecular weight excluding hydrogens is 280 g/mol. The number of aryl methyl sites for hydroxylation is 1. The van der Waals surface area contributed by atoms with E-state index in [2.05, 4.69) is 9.64 Å². The van der Waals surface area contributed by atoms with Crippen molar-refractivity contribution in [1.82, 2.24) is 0 Å². The van der Waals surface area contributed by atoms with Gasteiger partial charge in [0.05, 0.1) is 25.2 Å². The van der Waals surface area contributed by atoms with Crippen molar-refractivity contribution in [1.29, 1.82) is 0 Å². The van der Waals surface area contributed by atoms with E-state index in [1.54, 1.807) is 12.1 Å². The molecular formula is C15H19F2NO3. The van der Waals surface area contributed by atoms with Crippen molar-refractivity contribution < 1.29 is 23.4 Å². The Balaban J connectivity index is 1.78. The van der Waals surface area contributed by atoms with Gasteiger partial charge in [0.1, 0.15) is 5.75 Å². The number of fused-ring (bicyclic) bond motifs is 1. The lowest BCUT2D eigenvalue weighted by atomic mass is 9.85. The minimum Gasteiger partial charge on any atom is -0.435 e. The zero-order valence-electron chi connectivity index (χ0n) is 11.7. The van der Waals surface area contributed by atoms with E-state index in [0.29, 0.717) is 13.2 Å². The van der Waals surface area contributed by atoms with Gasteiger partial charge in [0, 0.05) is 18.8 Å². The van der Waals surface area contributed by atoms with Crippen LogP contribution in [-0.2, 0) is 11.2 Å². The first-order valence-electron chi connectivity index (χ1n) is 7.13. The number of aliphatic hydroxyl groups excluding tert-OH is 1. The number of ether oxygens (including phenoxy) is 2. The number of benzene rings is 1. The highest BCUT2D eigenvalue weighted by molar-refractivity contribution is 5.58. The highest BCUT2D eigenvalue weighted by Crippen LogP contribution is 2.35. The van der Waals surface area contributed by atoms with E-state index in [9.17, 15) is 13.9 Å². The zero-order chi connectivity index (χ0) is 14.9. The van der Waals surface area contributed by atoms with Gasteiger partial charge in [0.15, 0.2) is 0 Å². The maximum Gasteiger partial charge on any atom is 0.387 e. The van der Waals surface area contributed by atoms with Crippen molar-refractivity contribution >= 4 is 5.69 Å². The first-order valence-corrected chi connectivity index (χ1v) is 7.13. The maximum atomic E-state index is 12.3. The van der Waals surface area contributed by atoms with Crippen LogP contribution in [0.2, 0.25) is 0 Å². The summed E-state index contributed by atoms with van der Waals surface area (Å²) in [6, 6.07) is 5.10. The predicted octanol–water partition coefficient (Wildman–Crippen LogP) is 2.05. The fourth-order valence-corrected chi connectivity index (χ4v) is 3.02. The van der Waals surface area contributed by atoms with Gasteiger partial charge in [0.25, 0.3) is 0 Å². The first-order chi connectivity index (χ1) is 10.1. The molecule has 1 saturated heterocycles. The molecule has 0 radical (unpaired) electrons. The maximum absolute atomic E-state index is 12.3. The normalized spacial score (nSPS) is 20.1. The summed E-state index contributed by atoms with van der Waals surface area (Å²) >= 11 is 0. The SMILES string of the molecule is OCC1(CN2CCCc3cc(OC(F)F)ccc32)COC1. The summed E-state index contributed by atoms with van der Waals surface area (Å²) in [5, 5.41) is 9.55. The van der Waals surface area contributed by atoms with E-state index in [1.165, 1.54) is 0 Å². The molecule has 21 heavy (non-hydrogen) atoms. The number of alkyl halides is 2. The summed E-state index contributed by atoms with van der Waals surface area (Å²) < 4.78 is 34.2. The summed E-state index contributed by atoms with van der Waals surface area (Å²) in [6.45, 7) is 0.0810. The number of halogens is 2. The van der Waals surface area contributed by atoms with Gasteiger partial charge in [-0.3, -0.25) is 0 Å². The standard InChI is InChI=1S/C15H19F2NO3/c16-14(17)21-12-3-4-13-11(6-12)2-1-5-18(13)7-15(8-19)9-20-10-15/h3-4,6,14,19H,1-2,5,7-10H2. The van der Waals surface area contributed by atoms with Crippen molar-refractivity contribution in [3.05, 3.63) is 23.8 Å². The summed E-state index contributed by atoms with van der Waals surface area (Å²) in [5.74, 6) is 0.203. The molecule has 3 rings (SSSR count). The van der Waals surface area contributed by atoms with Gasteiger partial charge in [0.2, 0.25) is 0 Å². The second kappa shape index (κ2) is 5.77. The Bertz CT molecular complexity index is 500. The Morgan fingerprint density at radius 3 is 2.81 bits per heavy atom. The van der Waals surface area contributed by atoms with Gasteiger partial charge >= 0.3 is 6.61 Å². The van der Waals surface area contributed by atoms with Crippen molar-refractivity contribution in [3.8, 4) is 5.75 Å². The summed E-state index contributed by atoms with van der Waals surface area (Å²) in [7, 11) is 0. The summed E-state index contributed by atoms with van der Waals surface area (Å²) in [4.78, 5) is 2.21. The molecule has 0 aromatic heterocycles. The van der Waals surface area contributed by atoms with Gasteiger partial charge in [-0.05, 0) is 36.6 Å². The van der Waals surface area contributed by atoms with Crippen molar-refractivity contribution in [3.63, 3.8) is 0 Å². The van der Waals surface area contributed by atoms with E-state index >= 15 is 0 Å². The third kappa shape index (κ3) is 2.96. The predicted molar refractivity (Wildman–Crippen MR) is 73.9 cm³/mol. The van der Waals surface area contributed by atoms with Crippen molar-refractivity contribution in [2.75, 3.05) is 37.8 Å². The van der Waals surface area contributed by atoms with Crippen LogP contribution >= 0.6 is 0 Å². The molecule has 6 heteroatoms. The molecule has 116 valence electrons. The van der Waals surface area contributed by atoms with Crippen LogP contribution in [0.15, 0.2) is 18.2 Å². The highest BCUT2D eigenvalue weighted by atomic mass is 19.3. The second-order valence-corrected chi connectivity index (χ2v) is 5.85. The summed E-state index contributed by atoms with van der Waals surface area (Å²) in [6.07, 6.45) is 1.82. The minimum atomic E-state index is -2.80. The fourth-order valence-electron chi connectivity index (χ4n) is 3.02. The van der Waals surface area contributed by atoms with Gasteiger partial charge in [-0.25, -0.2) is 0 Å². The van der Waals surface area contributed by atoms with Crippen LogP contribution in [0.5, 0.6) is 5.75 Å². The lowest BCUT2D eigenvalue weighted by Gasteiger charge is -2.45. The molecule has 4 nitrogen and oxygen atoms in total. The molecule has 0 atom stereocenters. The van der Waals surface area contributed by atoms with Crippen LogP contribution in [0.4, 0.5) is 14.5 Å². The molecule has 1 fully saturated rings. The molecule has 0 bridgehead atoms. The number of rotatable bonds is 5. The molecule has 0 amide bonds. The Labute approximate surface area is 122 Å². The zero-order valence-corrected chi connectivity index (χ0v) is 11.7. The lowest BCUT2D eigenvalue weighted by Crippen LogP contribution is -2.54. The monoisotopic (exact) mass is 299 g/mol. The van der Waals surface area contributed by atoms with E-state index in [0.717, 1.165) is 37.2 Å². The largest absolute Gasteiger partial charge is 0.435 e. The first kappa shape index (κ1) is 14.5. The second-order valence-electron chi connectivity index (χ2n) is 5.85. The van der Waals surface area contributed by atoms with E-state index in [1.807, 2.05) is 6.07 Å². The molecule has 0 saturated carbocycles.